The zero-order valence-corrected chi connectivity index (χ0v) is 33.3. The van der Waals surface area contributed by atoms with Crippen molar-refractivity contribution in [2.24, 2.45) is 18.2 Å². The molecule has 0 unspecified atom stereocenters. The first-order valence-corrected chi connectivity index (χ1v) is 19.8. The summed E-state index contributed by atoms with van der Waals surface area (Å²) in [6.45, 7) is 8.06. The number of alkyl halides is 1. The SMILES string of the molecule is CCOC.CI.Cn1ccc2c(CSCC(C)(C)COC/C=C/c3cccc(CCC=O)c3)c(Oc3ccc(F)c(/C(N)=C/C=N)c3)c(F)cc21. The minimum Gasteiger partial charge on any atom is -0.454 e. The molecule has 0 aliphatic carbocycles. The average Bonchev–Trinajstić information content (AvgIpc) is 3.49. The Labute approximate surface area is 319 Å². The second-order valence-corrected chi connectivity index (χ2v) is 13.1. The summed E-state index contributed by atoms with van der Waals surface area (Å²) < 4.78 is 48.4. The van der Waals surface area contributed by atoms with Crippen LogP contribution in [0.3, 0.4) is 0 Å². The molecule has 0 saturated carbocycles. The molecule has 276 valence electrons. The summed E-state index contributed by atoms with van der Waals surface area (Å²) in [4.78, 5) is 12.6. The smallest absolute Gasteiger partial charge is 0.168 e. The molecule has 1 aromatic heterocycles. The number of allylic oxidation sites excluding steroid dienone is 1. The van der Waals surface area contributed by atoms with E-state index in [1.54, 1.807) is 18.9 Å². The molecule has 0 aliphatic heterocycles. The van der Waals surface area contributed by atoms with Gasteiger partial charge in [0, 0.05) is 79.4 Å². The lowest BCUT2D eigenvalue weighted by Gasteiger charge is -2.24. The summed E-state index contributed by atoms with van der Waals surface area (Å²) in [5.74, 6) is 0.489. The number of ether oxygens (including phenoxy) is 3. The molecular formula is C40H50F2IN3O4S. The highest BCUT2D eigenvalue weighted by molar-refractivity contribution is 14.1. The van der Waals surface area contributed by atoms with Gasteiger partial charge in [0.2, 0.25) is 0 Å². The highest BCUT2D eigenvalue weighted by atomic mass is 127. The normalized spacial score (nSPS) is 11.5. The van der Waals surface area contributed by atoms with E-state index in [2.05, 4.69) is 47.2 Å². The monoisotopic (exact) mass is 833 g/mol. The van der Waals surface area contributed by atoms with Crippen LogP contribution in [0, 0.1) is 22.5 Å². The molecule has 0 aliphatic rings. The van der Waals surface area contributed by atoms with E-state index in [4.69, 9.17) is 20.6 Å². The van der Waals surface area contributed by atoms with E-state index in [1.807, 2.05) is 66.1 Å². The van der Waals surface area contributed by atoms with Gasteiger partial charge in [0.15, 0.2) is 11.6 Å². The van der Waals surface area contributed by atoms with Crippen molar-refractivity contribution in [1.29, 1.82) is 5.41 Å². The summed E-state index contributed by atoms with van der Waals surface area (Å²) in [7, 11) is 3.54. The van der Waals surface area contributed by atoms with E-state index < -0.39 is 11.6 Å². The molecule has 7 nitrogen and oxygen atoms in total. The fourth-order valence-corrected chi connectivity index (χ4v) is 6.13. The Hall–Kier alpha value is -3.52. The van der Waals surface area contributed by atoms with Crippen molar-refractivity contribution in [3.05, 3.63) is 107 Å². The number of nitrogens with one attached hydrogen (secondary N) is 1. The van der Waals surface area contributed by atoms with Crippen molar-refractivity contribution in [1.82, 2.24) is 4.57 Å². The number of aldehydes is 1. The molecule has 1 heterocycles. The first kappa shape index (κ1) is 43.6. The van der Waals surface area contributed by atoms with Gasteiger partial charge in [-0.05, 0) is 65.2 Å². The Morgan fingerprint density at radius 1 is 1.10 bits per heavy atom. The van der Waals surface area contributed by atoms with Gasteiger partial charge in [-0.1, -0.05) is 72.9 Å². The van der Waals surface area contributed by atoms with E-state index in [9.17, 15) is 9.18 Å². The maximum absolute atomic E-state index is 15.6. The number of halogens is 3. The Bertz CT molecular complexity index is 1760. The van der Waals surface area contributed by atoms with Crippen molar-refractivity contribution >= 4 is 69.5 Å². The summed E-state index contributed by atoms with van der Waals surface area (Å²) in [6.07, 6.45) is 10.3. The zero-order chi connectivity index (χ0) is 37.8. The maximum Gasteiger partial charge on any atom is 0.168 e. The van der Waals surface area contributed by atoms with Crippen LogP contribution < -0.4 is 10.5 Å². The summed E-state index contributed by atoms with van der Waals surface area (Å²) >= 11 is 3.81. The maximum atomic E-state index is 15.6. The van der Waals surface area contributed by atoms with E-state index in [0.29, 0.717) is 31.0 Å². The summed E-state index contributed by atoms with van der Waals surface area (Å²) in [5.41, 5.74) is 9.57. The van der Waals surface area contributed by atoms with Crippen molar-refractivity contribution in [3.8, 4) is 11.5 Å². The predicted molar refractivity (Wildman–Crippen MR) is 218 cm³/mol. The average molecular weight is 834 g/mol. The van der Waals surface area contributed by atoms with E-state index in [0.717, 1.165) is 53.3 Å². The number of nitrogens with two attached hydrogens (primary N) is 1. The van der Waals surface area contributed by atoms with E-state index in [1.165, 1.54) is 30.3 Å². The van der Waals surface area contributed by atoms with Gasteiger partial charge in [0.25, 0.3) is 0 Å². The standard InChI is InChI=1S/C36H39F2N3O3S.C3H8O.CH3I/c1-36(2,23-43-18-6-10-26-8-4-7-25(19-26)9-5-17-42)24-45-22-30-28-14-16-41(3)34(28)21-32(38)35(30)44-27-11-12-31(37)29(20-27)33(40)13-15-39;1-3-4-2;1-2/h4,6-8,10-17,19-21,39H,5,9,18,22-24,40H2,1-3H3;3H2,1-2H3;1H3/b10-6+,33-13-,39-15?;;. The van der Waals surface area contributed by atoms with Crippen LogP contribution in [-0.2, 0) is 33.5 Å². The lowest BCUT2D eigenvalue weighted by Crippen LogP contribution is -2.22. The van der Waals surface area contributed by atoms with Gasteiger partial charge >= 0.3 is 0 Å². The highest BCUT2D eigenvalue weighted by Gasteiger charge is 2.22. The molecule has 0 bridgehead atoms. The number of aryl methyl sites for hydroxylation is 2. The summed E-state index contributed by atoms with van der Waals surface area (Å²) in [6, 6.07) is 15.6. The molecule has 3 N–H and O–H groups in total. The fourth-order valence-electron chi connectivity index (χ4n) is 4.91. The van der Waals surface area contributed by atoms with Crippen molar-refractivity contribution in [2.75, 3.05) is 37.6 Å². The third kappa shape index (κ3) is 14.2. The minimum absolute atomic E-state index is 0.0722. The number of nitrogens with zero attached hydrogens (tertiary/aromatic N) is 1. The third-order valence-corrected chi connectivity index (χ3v) is 8.96. The van der Waals surface area contributed by atoms with Crippen LogP contribution in [0.15, 0.2) is 72.9 Å². The zero-order valence-electron chi connectivity index (χ0n) is 30.3. The molecule has 4 aromatic rings. The van der Waals surface area contributed by atoms with Crippen molar-refractivity contribution in [2.45, 2.75) is 39.4 Å². The van der Waals surface area contributed by atoms with Gasteiger partial charge in [0.05, 0.1) is 18.7 Å². The number of carbonyl (C=O) groups excluding carboxylic acids is 1. The molecule has 51 heavy (non-hydrogen) atoms. The lowest BCUT2D eigenvalue weighted by atomic mass is 9.98. The van der Waals surface area contributed by atoms with Gasteiger partial charge in [0.1, 0.15) is 17.9 Å². The largest absolute Gasteiger partial charge is 0.454 e. The summed E-state index contributed by atoms with van der Waals surface area (Å²) in [5, 5.41) is 8.11. The Morgan fingerprint density at radius 2 is 1.84 bits per heavy atom. The Morgan fingerprint density at radius 3 is 2.53 bits per heavy atom. The molecule has 3 aromatic carbocycles. The number of methoxy groups -OCH3 is 1. The molecule has 0 radical (unpaired) electrons. The predicted octanol–water partition coefficient (Wildman–Crippen LogP) is 10.0. The number of rotatable bonds is 17. The van der Waals surface area contributed by atoms with Crippen LogP contribution in [0.25, 0.3) is 22.7 Å². The first-order valence-electron chi connectivity index (χ1n) is 16.4. The molecular weight excluding hydrogens is 783 g/mol. The minimum atomic E-state index is -0.562. The molecule has 0 spiro atoms. The molecule has 0 saturated heterocycles. The number of fused-ring (bicyclic) bond motifs is 1. The quantitative estimate of drug-likeness (QED) is 0.0362. The van der Waals surface area contributed by atoms with Gasteiger partial charge < -0.3 is 34.7 Å². The van der Waals surface area contributed by atoms with Crippen LogP contribution in [0.1, 0.15) is 49.4 Å². The van der Waals surface area contributed by atoms with Gasteiger partial charge in [-0.25, -0.2) is 8.78 Å². The van der Waals surface area contributed by atoms with Crippen LogP contribution in [-0.4, -0.2) is 54.7 Å². The van der Waals surface area contributed by atoms with Gasteiger partial charge in [-0.3, -0.25) is 0 Å². The third-order valence-electron chi connectivity index (χ3n) is 7.48. The van der Waals surface area contributed by atoms with Crippen molar-refractivity contribution < 1.29 is 27.8 Å². The molecule has 0 fully saturated rings. The highest BCUT2D eigenvalue weighted by Crippen LogP contribution is 2.39. The Balaban J connectivity index is 0.00000140. The Kier molecular flexibility index (Phi) is 19.8. The topological polar surface area (TPSA) is 99.6 Å². The number of hydrogen-bond donors (Lipinski definition) is 2. The van der Waals surface area contributed by atoms with Crippen LogP contribution in [0.2, 0.25) is 0 Å². The van der Waals surface area contributed by atoms with Crippen LogP contribution in [0.4, 0.5) is 8.78 Å². The van der Waals surface area contributed by atoms with Crippen LogP contribution in [0.5, 0.6) is 11.5 Å². The molecule has 0 amide bonds. The molecule has 0 atom stereocenters. The van der Waals surface area contributed by atoms with Crippen molar-refractivity contribution in [3.63, 3.8) is 0 Å². The van der Waals surface area contributed by atoms with E-state index >= 15 is 4.39 Å². The fraction of sp³-hybridized carbons (Fsp3) is 0.350. The molecule has 11 heteroatoms. The molecule has 4 rings (SSSR count). The number of thioether (sulfide) groups is 1. The number of aromatic nitrogens is 1. The lowest BCUT2D eigenvalue weighted by molar-refractivity contribution is -0.107. The van der Waals surface area contributed by atoms with Gasteiger partial charge in [-0.2, -0.15) is 11.8 Å². The van der Waals surface area contributed by atoms with Gasteiger partial charge in [-0.15, -0.1) is 0 Å². The number of carbonyl (C=O) groups is 1. The van der Waals surface area contributed by atoms with Crippen LogP contribution >= 0.6 is 34.4 Å². The second-order valence-electron chi connectivity index (χ2n) is 12.2. The second kappa shape index (κ2) is 23.1. The van der Waals surface area contributed by atoms with E-state index in [-0.39, 0.29) is 28.2 Å². The number of hydrogen-bond acceptors (Lipinski definition) is 7. The number of benzene rings is 3. The first-order chi connectivity index (χ1) is 24.5.